The van der Waals surface area contributed by atoms with E-state index >= 15 is 0 Å². The first-order valence-corrected chi connectivity index (χ1v) is 9.42. The Bertz CT molecular complexity index is 889. The minimum Gasteiger partial charge on any atom is -0.491 e. The molecule has 27 heavy (non-hydrogen) atoms. The molecule has 4 heterocycles. The van der Waals surface area contributed by atoms with Gasteiger partial charge in [0.1, 0.15) is 17.3 Å². The van der Waals surface area contributed by atoms with E-state index in [-0.39, 0.29) is 0 Å². The lowest BCUT2D eigenvalue weighted by Crippen LogP contribution is -2.22. The van der Waals surface area contributed by atoms with Gasteiger partial charge in [0.2, 0.25) is 0 Å². The smallest absolute Gasteiger partial charge is 0.179 e. The summed E-state index contributed by atoms with van der Waals surface area (Å²) in [5, 5.41) is 3.33. The summed E-state index contributed by atoms with van der Waals surface area (Å²) in [5.74, 6) is 2.94. The van der Waals surface area contributed by atoms with Crippen LogP contribution < -0.4 is 14.8 Å². The van der Waals surface area contributed by atoms with Gasteiger partial charge >= 0.3 is 0 Å². The molecule has 0 bridgehead atoms. The first-order valence-electron chi connectivity index (χ1n) is 9.42. The van der Waals surface area contributed by atoms with Gasteiger partial charge in [0.25, 0.3) is 0 Å². The average molecular weight is 367 g/mol. The molecular weight excluding hydrogens is 342 g/mol. The van der Waals surface area contributed by atoms with Crippen LogP contribution >= 0.6 is 0 Å². The second-order valence-electron chi connectivity index (χ2n) is 6.66. The molecule has 0 atom stereocenters. The Labute approximate surface area is 158 Å². The molecule has 0 amide bonds. The third-order valence-corrected chi connectivity index (χ3v) is 4.81. The van der Waals surface area contributed by atoms with Crippen molar-refractivity contribution in [3.8, 4) is 11.5 Å². The zero-order valence-corrected chi connectivity index (χ0v) is 15.6. The van der Waals surface area contributed by atoms with E-state index < -0.39 is 0 Å². The fourth-order valence-corrected chi connectivity index (χ4v) is 3.42. The number of aromatic nitrogens is 3. The predicted molar refractivity (Wildman–Crippen MR) is 105 cm³/mol. The number of methoxy groups -OCH3 is 1. The molecule has 7 nitrogen and oxygen atoms in total. The van der Waals surface area contributed by atoms with Crippen molar-refractivity contribution in [2.75, 3.05) is 38.7 Å². The molecule has 1 fully saturated rings. The molecule has 0 aliphatic carbocycles. The molecule has 7 heteroatoms. The maximum Gasteiger partial charge on any atom is 0.179 e. The molecule has 1 aliphatic heterocycles. The molecule has 0 aromatic carbocycles. The number of nitrogens with zero attached hydrogens (tertiary/aromatic N) is 4. The van der Waals surface area contributed by atoms with Crippen LogP contribution in [0.1, 0.15) is 19.3 Å². The van der Waals surface area contributed by atoms with Crippen LogP contribution in [0, 0.1) is 0 Å². The number of nitrogens with one attached hydrogen (secondary N) is 1. The number of anilines is 2. The standard InChI is InChI=1S/C20H25N5O2/c1-26-17-15-22-18(23-20-7-4-6-19-21-8-12-25(19)20)14-16(17)27-13-5-11-24-9-2-3-10-24/h4,6-8,12,14-15H,2-3,5,9-11,13H2,1H3,(H,22,23). The minimum absolute atomic E-state index is 0.641. The molecule has 4 rings (SSSR count). The van der Waals surface area contributed by atoms with Gasteiger partial charge in [0.05, 0.1) is 19.9 Å². The zero-order chi connectivity index (χ0) is 18.5. The molecule has 0 unspecified atom stereocenters. The summed E-state index contributed by atoms with van der Waals surface area (Å²) in [4.78, 5) is 11.2. The molecule has 1 N–H and O–H groups in total. The Kier molecular flexibility index (Phi) is 5.39. The summed E-state index contributed by atoms with van der Waals surface area (Å²) in [6, 6.07) is 7.78. The number of hydrogen-bond acceptors (Lipinski definition) is 6. The van der Waals surface area contributed by atoms with Crippen LogP contribution in [0.15, 0.2) is 42.9 Å². The van der Waals surface area contributed by atoms with Crippen LogP contribution in [-0.4, -0.2) is 52.6 Å². The molecule has 1 saturated heterocycles. The summed E-state index contributed by atoms with van der Waals surface area (Å²) in [6.45, 7) is 4.17. The van der Waals surface area contributed by atoms with Gasteiger partial charge in [-0.05, 0) is 44.5 Å². The zero-order valence-electron chi connectivity index (χ0n) is 15.6. The van der Waals surface area contributed by atoms with Crippen molar-refractivity contribution < 1.29 is 9.47 Å². The Morgan fingerprint density at radius 1 is 1.15 bits per heavy atom. The third kappa shape index (κ3) is 4.14. The second kappa shape index (κ2) is 8.26. The number of ether oxygens (including phenoxy) is 2. The Morgan fingerprint density at radius 3 is 2.89 bits per heavy atom. The summed E-state index contributed by atoms with van der Waals surface area (Å²) < 4.78 is 13.4. The number of imidazole rings is 1. The highest BCUT2D eigenvalue weighted by Gasteiger charge is 2.12. The van der Waals surface area contributed by atoms with Crippen LogP contribution in [0.25, 0.3) is 5.65 Å². The van der Waals surface area contributed by atoms with Crippen molar-refractivity contribution in [3.63, 3.8) is 0 Å². The normalized spacial score (nSPS) is 14.6. The van der Waals surface area contributed by atoms with Gasteiger partial charge < -0.3 is 19.7 Å². The Balaban J connectivity index is 1.43. The van der Waals surface area contributed by atoms with E-state index in [1.165, 1.54) is 25.9 Å². The lowest BCUT2D eigenvalue weighted by Gasteiger charge is -2.16. The number of rotatable bonds is 8. The monoisotopic (exact) mass is 367 g/mol. The highest BCUT2D eigenvalue weighted by molar-refractivity contribution is 5.60. The van der Waals surface area contributed by atoms with E-state index in [4.69, 9.17) is 9.47 Å². The van der Waals surface area contributed by atoms with Crippen molar-refractivity contribution in [1.29, 1.82) is 0 Å². The van der Waals surface area contributed by atoms with E-state index in [1.54, 1.807) is 19.5 Å². The molecule has 3 aromatic heterocycles. The van der Waals surface area contributed by atoms with E-state index in [0.717, 1.165) is 24.4 Å². The SMILES string of the molecule is COc1cnc(Nc2cccc3nccn23)cc1OCCCN1CCCC1. The Morgan fingerprint density at radius 2 is 2.04 bits per heavy atom. The first kappa shape index (κ1) is 17.6. The molecule has 0 saturated carbocycles. The van der Waals surface area contributed by atoms with E-state index in [2.05, 4.69) is 20.2 Å². The van der Waals surface area contributed by atoms with Gasteiger partial charge in [0.15, 0.2) is 11.5 Å². The summed E-state index contributed by atoms with van der Waals surface area (Å²) in [6.07, 6.45) is 9.01. The third-order valence-electron chi connectivity index (χ3n) is 4.81. The van der Waals surface area contributed by atoms with Crippen LogP contribution in [0.2, 0.25) is 0 Å². The lowest BCUT2D eigenvalue weighted by atomic mass is 10.3. The quantitative estimate of drug-likeness (QED) is 0.616. The number of pyridine rings is 2. The van der Waals surface area contributed by atoms with Crippen molar-refractivity contribution >= 4 is 17.3 Å². The number of hydrogen-bond donors (Lipinski definition) is 1. The lowest BCUT2D eigenvalue weighted by molar-refractivity contribution is 0.254. The largest absolute Gasteiger partial charge is 0.491 e. The maximum atomic E-state index is 5.99. The van der Waals surface area contributed by atoms with Gasteiger partial charge in [-0.2, -0.15) is 0 Å². The summed E-state index contributed by atoms with van der Waals surface area (Å²) in [5.41, 5.74) is 0.881. The average Bonchev–Trinajstić information content (AvgIpc) is 3.37. The van der Waals surface area contributed by atoms with Crippen LogP contribution in [0.3, 0.4) is 0 Å². The fraction of sp³-hybridized carbons (Fsp3) is 0.400. The van der Waals surface area contributed by atoms with Gasteiger partial charge in [-0.25, -0.2) is 9.97 Å². The number of likely N-dealkylation sites (tertiary alicyclic amines) is 1. The Hall–Kier alpha value is -2.80. The van der Waals surface area contributed by atoms with Crippen molar-refractivity contribution in [2.24, 2.45) is 0 Å². The highest BCUT2D eigenvalue weighted by atomic mass is 16.5. The van der Waals surface area contributed by atoms with Crippen molar-refractivity contribution in [3.05, 3.63) is 42.9 Å². The molecule has 1 aliphatic rings. The van der Waals surface area contributed by atoms with Gasteiger partial charge in [-0.1, -0.05) is 6.07 Å². The molecule has 142 valence electrons. The van der Waals surface area contributed by atoms with Crippen LogP contribution in [-0.2, 0) is 0 Å². The van der Waals surface area contributed by atoms with Gasteiger partial charge in [-0.15, -0.1) is 0 Å². The minimum atomic E-state index is 0.641. The van der Waals surface area contributed by atoms with Crippen molar-refractivity contribution in [1.82, 2.24) is 19.3 Å². The van der Waals surface area contributed by atoms with Crippen LogP contribution in [0.4, 0.5) is 11.6 Å². The summed E-state index contributed by atoms with van der Waals surface area (Å²) >= 11 is 0. The van der Waals surface area contributed by atoms with Crippen molar-refractivity contribution in [2.45, 2.75) is 19.3 Å². The molecular formula is C20H25N5O2. The van der Waals surface area contributed by atoms with E-state index in [1.807, 2.05) is 34.9 Å². The first-order chi connectivity index (χ1) is 13.3. The van der Waals surface area contributed by atoms with E-state index in [9.17, 15) is 0 Å². The molecule has 0 radical (unpaired) electrons. The molecule has 3 aromatic rings. The number of fused-ring (bicyclic) bond motifs is 1. The van der Waals surface area contributed by atoms with Crippen LogP contribution in [0.5, 0.6) is 11.5 Å². The van der Waals surface area contributed by atoms with E-state index in [0.29, 0.717) is 23.9 Å². The molecule has 0 spiro atoms. The van der Waals surface area contributed by atoms with Gasteiger partial charge in [0, 0.05) is 25.0 Å². The van der Waals surface area contributed by atoms with Gasteiger partial charge in [-0.3, -0.25) is 4.40 Å². The maximum absolute atomic E-state index is 5.99. The predicted octanol–water partition coefficient (Wildman–Crippen LogP) is 3.35. The fourth-order valence-electron chi connectivity index (χ4n) is 3.42. The second-order valence-corrected chi connectivity index (χ2v) is 6.66. The topological polar surface area (TPSA) is 63.9 Å². The summed E-state index contributed by atoms with van der Waals surface area (Å²) in [7, 11) is 1.63. The highest BCUT2D eigenvalue weighted by Crippen LogP contribution is 2.29.